The molecule has 0 aromatic heterocycles. The lowest BCUT2D eigenvalue weighted by molar-refractivity contribution is -0.159. The molecule has 0 aliphatic heterocycles. The van der Waals surface area contributed by atoms with E-state index in [9.17, 15) is 22.5 Å². The number of para-hydroxylation sites is 1. The van der Waals surface area contributed by atoms with Gasteiger partial charge in [0, 0.05) is 5.69 Å². The number of rotatable bonds is 9. The first-order chi connectivity index (χ1) is 11.7. The number of halogens is 3. The summed E-state index contributed by atoms with van der Waals surface area (Å²) < 4.78 is 68.3. The van der Waals surface area contributed by atoms with E-state index in [0.29, 0.717) is 0 Å². The van der Waals surface area contributed by atoms with Gasteiger partial charge in [0.15, 0.2) is 5.66 Å². The average Bonchev–Trinajstić information content (AvgIpc) is 2.54. The zero-order chi connectivity index (χ0) is 19.1. The number of ether oxygens (including phenoxy) is 1. The molecule has 1 aromatic carbocycles. The maximum Gasteiger partial charge on any atom is 0.410 e. The fraction of sp³-hybridized carbons (Fsp3) is 0.533. The van der Waals surface area contributed by atoms with E-state index in [0.717, 1.165) is 7.11 Å². The molecule has 0 heterocycles. The summed E-state index contributed by atoms with van der Waals surface area (Å²) in [6, 6.07) is 4.92. The molecular formula is C15H21F3NO5P. The Morgan fingerprint density at radius 2 is 1.68 bits per heavy atom. The Morgan fingerprint density at radius 1 is 1.16 bits per heavy atom. The van der Waals surface area contributed by atoms with Gasteiger partial charge in [-0.2, -0.15) is 13.2 Å². The van der Waals surface area contributed by atoms with E-state index < -0.39 is 31.4 Å². The van der Waals surface area contributed by atoms with Crippen molar-refractivity contribution in [1.29, 1.82) is 0 Å². The molecule has 2 atom stereocenters. The van der Waals surface area contributed by atoms with Gasteiger partial charge in [-0.15, -0.1) is 0 Å². The third-order valence-electron chi connectivity index (χ3n) is 3.17. The highest BCUT2D eigenvalue weighted by molar-refractivity contribution is 7.55. The van der Waals surface area contributed by atoms with E-state index in [1.54, 1.807) is 6.07 Å². The molecule has 1 N–H and O–H groups in total. The molecule has 0 saturated carbocycles. The number of benzene rings is 1. The molecule has 2 unspecified atom stereocenters. The lowest BCUT2D eigenvalue weighted by atomic mass is 10.1. The highest BCUT2D eigenvalue weighted by Crippen LogP contribution is 2.56. The van der Waals surface area contributed by atoms with Crippen LogP contribution in [0.4, 0.5) is 18.9 Å². The third-order valence-corrected chi connectivity index (χ3v) is 5.59. The van der Waals surface area contributed by atoms with E-state index in [1.165, 1.54) is 38.1 Å². The van der Waals surface area contributed by atoms with Crippen LogP contribution >= 0.6 is 7.60 Å². The highest BCUT2D eigenvalue weighted by atomic mass is 31.2. The van der Waals surface area contributed by atoms with Gasteiger partial charge >= 0.3 is 19.7 Å². The van der Waals surface area contributed by atoms with Crippen molar-refractivity contribution in [1.82, 2.24) is 0 Å². The molecule has 0 aliphatic rings. The minimum Gasteiger partial charge on any atom is -0.468 e. The molecule has 0 fully saturated rings. The van der Waals surface area contributed by atoms with Crippen molar-refractivity contribution in [2.45, 2.75) is 31.7 Å². The minimum absolute atomic E-state index is 0.0956. The summed E-state index contributed by atoms with van der Waals surface area (Å²) in [5.41, 5.74) is -2.11. The maximum atomic E-state index is 13.7. The van der Waals surface area contributed by atoms with E-state index in [1.807, 2.05) is 0 Å². The number of alkyl halides is 3. The smallest absolute Gasteiger partial charge is 0.410 e. The molecule has 142 valence electrons. The van der Waals surface area contributed by atoms with Crippen molar-refractivity contribution in [3.8, 4) is 0 Å². The monoisotopic (exact) mass is 383 g/mol. The molecule has 25 heavy (non-hydrogen) atoms. The summed E-state index contributed by atoms with van der Waals surface area (Å²) in [4.78, 5) is 12.1. The second-order valence-electron chi connectivity index (χ2n) is 4.87. The Bertz CT molecular complexity index is 587. The van der Waals surface area contributed by atoms with Gasteiger partial charge in [0.1, 0.15) is 6.04 Å². The molecule has 0 spiro atoms. The van der Waals surface area contributed by atoms with Crippen LogP contribution in [0.5, 0.6) is 0 Å². The van der Waals surface area contributed by atoms with Crippen LogP contribution in [0.2, 0.25) is 0 Å². The van der Waals surface area contributed by atoms with Crippen LogP contribution < -0.4 is 5.32 Å². The van der Waals surface area contributed by atoms with Gasteiger partial charge < -0.3 is 19.1 Å². The number of hydrogen-bond donors (Lipinski definition) is 1. The SMILES string of the molecule is CCOP(=O)(OCC)C(C(=O)OC)C(Nc1ccccc1)C(F)(F)F. The standard InChI is InChI=1S/C15H21F3NO5P/c1-4-23-25(21,24-5-2)12(14(20)22-3)13(15(16,17)18)19-11-9-7-6-8-10-11/h6-10,12-13,19H,4-5H2,1-3H3. The van der Waals surface area contributed by atoms with E-state index in [-0.39, 0.29) is 18.9 Å². The second-order valence-corrected chi connectivity index (χ2v) is 7.03. The number of hydrogen-bond acceptors (Lipinski definition) is 6. The summed E-state index contributed by atoms with van der Waals surface area (Å²) in [7, 11) is -3.54. The van der Waals surface area contributed by atoms with Gasteiger partial charge in [-0.3, -0.25) is 9.36 Å². The lowest BCUT2D eigenvalue weighted by Gasteiger charge is -2.32. The predicted molar refractivity (Wildman–Crippen MR) is 86.6 cm³/mol. The van der Waals surface area contributed by atoms with Gasteiger partial charge in [0.05, 0.1) is 20.3 Å². The topological polar surface area (TPSA) is 73.9 Å². The normalized spacial score (nSPS) is 14.6. The molecule has 6 nitrogen and oxygen atoms in total. The van der Waals surface area contributed by atoms with Crippen LogP contribution in [0.1, 0.15) is 13.8 Å². The summed E-state index contributed by atoms with van der Waals surface area (Å²) in [6.07, 6.45) is -4.92. The van der Waals surface area contributed by atoms with Crippen molar-refractivity contribution in [3.05, 3.63) is 30.3 Å². The van der Waals surface area contributed by atoms with E-state index in [4.69, 9.17) is 9.05 Å². The first-order valence-corrected chi connectivity index (χ1v) is 9.15. The third kappa shape index (κ3) is 5.73. The van der Waals surface area contributed by atoms with Crippen LogP contribution in [-0.4, -0.2) is 44.2 Å². The largest absolute Gasteiger partial charge is 0.468 e. The fourth-order valence-corrected chi connectivity index (χ4v) is 4.27. The molecular weight excluding hydrogens is 362 g/mol. The van der Waals surface area contributed by atoms with E-state index >= 15 is 0 Å². The van der Waals surface area contributed by atoms with Gasteiger partial charge in [0.2, 0.25) is 0 Å². The second kappa shape index (κ2) is 9.22. The Balaban J connectivity index is 3.38. The number of nitrogens with one attached hydrogen (secondary N) is 1. The molecule has 0 aliphatic carbocycles. The Morgan fingerprint density at radius 3 is 2.08 bits per heavy atom. The Hall–Kier alpha value is -1.57. The molecule has 0 bridgehead atoms. The molecule has 1 aromatic rings. The average molecular weight is 383 g/mol. The molecule has 0 radical (unpaired) electrons. The molecule has 0 amide bonds. The predicted octanol–water partition coefficient (Wildman–Crippen LogP) is 3.84. The maximum absolute atomic E-state index is 13.7. The zero-order valence-corrected chi connectivity index (χ0v) is 15.0. The molecule has 0 saturated heterocycles. The summed E-state index contributed by atoms with van der Waals surface area (Å²) >= 11 is 0. The van der Waals surface area contributed by atoms with Crippen LogP contribution in [-0.2, 0) is 23.1 Å². The molecule has 1 rings (SSSR count). The highest BCUT2D eigenvalue weighted by Gasteiger charge is 2.57. The first-order valence-electron chi connectivity index (χ1n) is 7.54. The van der Waals surface area contributed by atoms with Crippen LogP contribution in [0.3, 0.4) is 0 Å². The number of carbonyl (C=O) groups is 1. The van der Waals surface area contributed by atoms with Gasteiger partial charge in [-0.25, -0.2) is 0 Å². The van der Waals surface area contributed by atoms with Gasteiger partial charge in [0.25, 0.3) is 0 Å². The van der Waals surface area contributed by atoms with Crippen molar-refractivity contribution >= 4 is 19.3 Å². The zero-order valence-electron chi connectivity index (χ0n) is 14.1. The summed E-state index contributed by atoms with van der Waals surface area (Å²) in [5, 5.41) is 2.20. The number of esters is 1. The number of carbonyl (C=O) groups excluding carboxylic acids is 1. The molecule has 10 heteroatoms. The first kappa shape index (κ1) is 21.5. The van der Waals surface area contributed by atoms with Gasteiger partial charge in [-0.1, -0.05) is 18.2 Å². The fourth-order valence-electron chi connectivity index (χ4n) is 2.18. The van der Waals surface area contributed by atoms with Crippen LogP contribution in [0.25, 0.3) is 0 Å². The van der Waals surface area contributed by atoms with Crippen molar-refractivity contribution in [3.63, 3.8) is 0 Å². The van der Waals surface area contributed by atoms with Crippen molar-refractivity contribution in [2.24, 2.45) is 0 Å². The quantitative estimate of drug-likeness (QED) is 0.516. The summed E-state index contributed by atoms with van der Waals surface area (Å²) in [6.45, 7) is 2.49. The van der Waals surface area contributed by atoms with Crippen molar-refractivity contribution < 1.29 is 36.3 Å². The summed E-state index contributed by atoms with van der Waals surface area (Å²) in [5.74, 6) is -1.34. The Kier molecular flexibility index (Phi) is 7.92. The van der Waals surface area contributed by atoms with Crippen LogP contribution in [0.15, 0.2) is 30.3 Å². The number of methoxy groups -OCH3 is 1. The van der Waals surface area contributed by atoms with Crippen LogP contribution in [0, 0.1) is 0 Å². The minimum atomic E-state index is -4.92. The lowest BCUT2D eigenvalue weighted by Crippen LogP contribution is -2.50. The Labute approximate surface area is 144 Å². The van der Waals surface area contributed by atoms with Gasteiger partial charge in [-0.05, 0) is 26.0 Å². The van der Waals surface area contributed by atoms with E-state index in [2.05, 4.69) is 10.1 Å². The number of anilines is 1. The van der Waals surface area contributed by atoms with Crippen molar-refractivity contribution in [2.75, 3.05) is 25.6 Å².